The molecular weight excluding hydrogens is 400 g/mol. The Labute approximate surface area is 177 Å². The Morgan fingerprint density at radius 2 is 1.57 bits per heavy atom. The van der Waals surface area contributed by atoms with Crippen molar-refractivity contribution in [1.82, 2.24) is 9.62 Å². The van der Waals surface area contributed by atoms with Gasteiger partial charge in [-0.1, -0.05) is 48.5 Å². The zero-order valence-electron chi connectivity index (χ0n) is 16.9. The molecule has 7 heteroatoms. The van der Waals surface area contributed by atoms with Crippen LogP contribution in [0.5, 0.6) is 5.75 Å². The van der Waals surface area contributed by atoms with Crippen LogP contribution in [-0.4, -0.2) is 32.7 Å². The molecule has 0 fully saturated rings. The van der Waals surface area contributed by atoms with E-state index < -0.39 is 10.0 Å². The van der Waals surface area contributed by atoms with Gasteiger partial charge >= 0.3 is 0 Å². The molecule has 0 radical (unpaired) electrons. The van der Waals surface area contributed by atoms with E-state index >= 15 is 0 Å². The lowest BCUT2D eigenvalue weighted by Crippen LogP contribution is -2.25. The number of hydrogen-bond donors (Lipinski definition) is 1. The molecule has 0 spiro atoms. The normalized spacial score (nSPS) is 11.3. The van der Waals surface area contributed by atoms with E-state index in [4.69, 9.17) is 4.74 Å². The van der Waals surface area contributed by atoms with Gasteiger partial charge in [-0.05, 0) is 41.5 Å². The van der Waals surface area contributed by atoms with Crippen molar-refractivity contribution in [1.29, 1.82) is 0 Å². The van der Waals surface area contributed by atoms with Gasteiger partial charge in [0, 0.05) is 26.2 Å². The summed E-state index contributed by atoms with van der Waals surface area (Å²) in [4.78, 5) is 12.5. The summed E-state index contributed by atoms with van der Waals surface area (Å²) in [7, 11) is -0.679. The number of carbonyl (C=O) groups excluding carboxylic acids is 1. The van der Waals surface area contributed by atoms with Crippen LogP contribution >= 0.6 is 0 Å². The molecule has 6 nitrogen and oxygen atoms in total. The molecule has 0 aromatic heterocycles. The zero-order chi connectivity index (χ0) is 21.6. The van der Waals surface area contributed by atoms with Crippen molar-refractivity contribution in [2.24, 2.45) is 0 Å². The molecule has 0 atom stereocenters. The third kappa shape index (κ3) is 5.46. The van der Waals surface area contributed by atoms with E-state index in [0.717, 1.165) is 21.2 Å². The van der Waals surface area contributed by atoms with Crippen molar-refractivity contribution in [3.05, 3.63) is 95.6 Å². The minimum atomic E-state index is -3.59. The van der Waals surface area contributed by atoms with E-state index in [1.54, 1.807) is 12.1 Å². The topological polar surface area (TPSA) is 75.7 Å². The van der Waals surface area contributed by atoms with E-state index in [9.17, 15) is 13.2 Å². The SMILES string of the molecule is CN(C)S(=O)(=O)c1cccc(C(=O)NCc2ccc(COc3ccccc3)cc2)c1. The maximum Gasteiger partial charge on any atom is 0.251 e. The fourth-order valence-corrected chi connectivity index (χ4v) is 3.68. The predicted octanol–water partition coefficient (Wildman–Crippen LogP) is 3.45. The Morgan fingerprint density at radius 3 is 2.23 bits per heavy atom. The van der Waals surface area contributed by atoms with Crippen LogP contribution in [0.2, 0.25) is 0 Å². The molecule has 0 aliphatic heterocycles. The van der Waals surface area contributed by atoms with Crippen LogP contribution in [0.1, 0.15) is 21.5 Å². The standard InChI is InChI=1S/C23H24N2O4S/c1-25(2)30(27,28)22-10-6-7-20(15-22)23(26)24-16-18-11-13-19(14-12-18)17-29-21-8-4-3-5-9-21/h3-15H,16-17H2,1-2H3,(H,24,26). The first-order valence-electron chi connectivity index (χ1n) is 9.43. The van der Waals surface area contributed by atoms with Gasteiger partial charge in [0.05, 0.1) is 4.90 Å². The van der Waals surface area contributed by atoms with Crippen molar-refractivity contribution in [2.45, 2.75) is 18.0 Å². The summed E-state index contributed by atoms with van der Waals surface area (Å²) in [6, 6.07) is 23.4. The number of benzene rings is 3. The summed E-state index contributed by atoms with van der Waals surface area (Å²) in [5.41, 5.74) is 2.25. The largest absolute Gasteiger partial charge is 0.489 e. The number of ether oxygens (including phenoxy) is 1. The number of rotatable bonds is 8. The van der Waals surface area contributed by atoms with Crippen LogP contribution < -0.4 is 10.1 Å². The van der Waals surface area contributed by atoms with Gasteiger partial charge in [-0.25, -0.2) is 12.7 Å². The van der Waals surface area contributed by atoms with Crippen molar-refractivity contribution in [2.75, 3.05) is 14.1 Å². The maximum absolute atomic E-state index is 12.5. The Bertz CT molecular complexity index is 1100. The van der Waals surface area contributed by atoms with Crippen LogP contribution in [-0.2, 0) is 23.2 Å². The lowest BCUT2D eigenvalue weighted by atomic mass is 10.1. The highest BCUT2D eigenvalue weighted by atomic mass is 32.2. The van der Waals surface area contributed by atoms with Crippen molar-refractivity contribution >= 4 is 15.9 Å². The Hall–Kier alpha value is -3.16. The first-order chi connectivity index (χ1) is 14.4. The monoisotopic (exact) mass is 424 g/mol. The highest BCUT2D eigenvalue weighted by molar-refractivity contribution is 7.89. The van der Waals surface area contributed by atoms with Gasteiger partial charge in [0.1, 0.15) is 12.4 Å². The molecule has 1 amide bonds. The molecule has 0 bridgehead atoms. The van der Waals surface area contributed by atoms with Gasteiger partial charge in [-0.2, -0.15) is 0 Å². The molecule has 0 saturated carbocycles. The number of para-hydroxylation sites is 1. The smallest absolute Gasteiger partial charge is 0.251 e. The van der Waals surface area contributed by atoms with Gasteiger partial charge < -0.3 is 10.1 Å². The van der Waals surface area contributed by atoms with Crippen LogP contribution in [0.4, 0.5) is 0 Å². The van der Waals surface area contributed by atoms with E-state index in [1.165, 1.54) is 26.2 Å². The van der Waals surface area contributed by atoms with Gasteiger partial charge in [-0.3, -0.25) is 4.79 Å². The van der Waals surface area contributed by atoms with E-state index in [-0.39, 0.29) is 10.8 Å². The molecule has 0 aliphatic carbocycles. The third-order valence-corrected chi connectivity index (χ3v) is 6.31. The molecular formula is C23H24N2O4S. The van der Waals surface area contributed by atoms with Gasteiger partial charge in [0.2, 0.25) is 10.0 Å². The van der Waals surface area contributed by atoms with Gasteiger partial charge in [0.25, 0.3) is 5.91 Å². The molecule has 3 aromatic rings. The highest BCUT2D eigenvalue weighted by Gasteiger charge is 2.18. The van der Waals surface area contributed by atoms with Crippen LogP contribution in [0.3, 0.4) is 0 Å². The van der Waals surface area contributed by atoms with Crippen LogP contribution in [0, 0.1) is 0 Å². The van der Waals surface area contributed by atoms with Crippen molar-refractivity contribution in [3.8, 4) is 5.75 Å². The van der Waals surface area contributed by atoms with Crippen LogP contribution in [0.15, 0.2) is 83.8 Å². The summed E-state index contributed by atoms with van der Waals surface area (Å²) < 4.78 is 31.3. The van der Waals surface area contributed by atoms with E-state index in [0.29, 0.717) is 18.7 Å². The average molecular weight is 425 g/mol. The third-order valence-electron chi connectivity index (χ3n) is 4.50. The fourth-order valence-electron chi connectivity index (χ4n) is 2.73. The molecule has 3 rings (SSSR count). The number of nitrogens with zero attached hydrogens (tertiary/aromatic N) is 1. The number of hydrogen-bond acceptors (Lipinski definition) is 4. The van der Waals surface area contributed by atoms with Crippen molar-refractivity contribution < 1.29 is 17.9 Å². The Kier molecular flexibility index (Phi) is 6.87. The molecule has 30 heavy (non-hydrogen) atoms. The van der Waals surface area contributed by atoms with Crippen molar-refractivity contribution in [3.63, 3.8) is 0 Å². The minimum absolute atomic E-state index is 0.0860. The average Bonchev–Trinajstić information content (AvgIpc) is 2.77. The quantitative estimate of drug-likeness (QED) is 0.601. The number of nitrogens with one attached hydrogen (secondary N) is 1. The summed E-state index contributed by atoms with van der Waals surface area (Å²) in [6.45, 7) is 0.799. The summed E-state index contributed by atoms with van der Waals surface area (Å²) in [5.74, 6) is 0.481. The van der Waals surface area contributed by atoms with Gasteiger partial charge in [-0.15, -0.1) is 0 Å². The molecule has 0 heterocycles. The second-order valence-corrected chi connectivity index (χ2v) is 9.07. The number of amides is 1. The predicted molar refractivity (Wildman–Crippen MR) is 116 cm³/mol. The van der Waals surface area contributed by atoms with Crippen LogP contribution in [0.25, 0.3) is 0 Å². The molecule has 0 saturated heterocycles. The fraction of sp³-hybridized carbons (Fsp3) is 0.174. The zero-order valence-corrected chi connectivity index (χ0v) is 17.7. The molecule has 1 N–H and O–H groups in total. The second kappa shape index (κ2) is 9.56. The second-order valence-electron chi connectivity index (χ2n) is 6.92. The maximum atomic E-state index is 12.5. The van der Waals surface area contributed by atoms with E-state index in [1.807, 2.05) is 54.6 Å². The lowest BCUT2D eigenvalue weighted by Gasteiger charge is -2.12. The van der Waals surface area contributed by atoms with Gasteiger partial charge in [0.15, 0.2) is 0 Å². The summed E-state index contributed by atoms with van der Waals surface area (Å²) in [6.07, 6.45) is 0. The first-order valence-corrected chi connectivity index (χ1v) is 10.9. The number of carbonyl (C=O) groups is 1. The molecule has 0 unspecified atom stereocenters. The Balaban J connectivity index is 1.57. The first kappa shape index (κ1) is 21.5. The molecule has 3 aromatic carbocycles. The lowest BCUT2D eigenvalue weighted by molar-refractivity contribution is 0.0950. The summed E-state index contributed by atoms with van der Waals surface area (Å²) >= 11 is 0. The highest BCUT2D eigenvalue weighted by Crippen LogP contribution is 2.15. The van der Waals surface area contributed by atoms with E-state index in [2.05, 4.69) is 5.32 Å². The number of sulfonamides is 1. The molecule has 0 aliphatic rings. The summed E-state index contributed by atoms with van der Waals surface area (Å²) in [5, 5.41) is 2.82. The minimum Gasteiger partial charge on any atom is -0.489 e. The Morgan fingerprint density at radius 1 is 0.900 bits per heavy atom. The molecule has 156 valence electrons.